The van der Waals surface area contributed by atoms with Crippen LogP contribution >= 0.6 is 22.9 Å². The highest BCUT2D eigenvalue weighted by Gasteiger charge is 2.64. The van der Waals surface area contributed by atoms with E-state index in [-0.39, 0.29) is 71.8 Å². The third-order valence-electron chi connectivity index (χ3n) is 14.6. The van der Waals surface area contributed by atoms with Crippen molar-refractivity contribution in [2.45, 2.75) is 111 Å². The smallest absolute Gasteiger partial charge is 0.253 e. The molecular weight excluding hydrogens is 912 g/mol. The molecule has 16 heteroatoms. The van der Waals surface area contributed by atoms with Crippen LogP contribution in [0.5, 0.6) is 5.75 Å². The number of likely N-dealkylation sites (tertiary alicyclic amines) is 1. The van der Waals surface area contributed by atoms with Crippen LogP contribution in [0.15, 0.2) is 76.9 Å². The van der Waals surface area contributed by atoms with Crippen molar-refractivity contribution in [2.75, 3.05) is 44.2 Å². The molecule has 1 aliphatic carbocycles. The number of thiazole rings is 1. The van der Waals surface area contributed by atoms with Gasteiger partial charge in [-0.25, -0.2) is 9.97 Å². The Hall–Kier alpha value is -5.66. The Morgan fingerprint density at radius 3 is 2.35 bits per heavy atom. The second kappa shape index (κ2) is 20.4. The fourth-order valence-electron chi connectivity index (χ4n) is 11.0. The van der Waals surface area contributed by atoms with Crippen molar-refractivity contribution in [1.29, 1.82) is 5.26 Å². The number of benzene rings is 2. The Balaban J connectivity index is 0.804. The molecule has 2 saturated heterocycles. The number of β-amino-alcohol motifs (C(OH)–C–C–N with tert-alkyl or cyclic N) is 1. The van der Waals surface area contributed by atoms with E-state index in [1.165, 1.54) is 0 Å². The number of carbonyl (C=O) groups excluding carboxylic acids is 3. The molecule has 3 fully saturated rings. The number of pyridine rings is 1. The van der Waals surface area contributed by atoms with E-state index in [2.05, 4.69) is 88.3 Å². The third-order valence-corrected chi connectivity index (χ3v) is 15.9. The number of ketones is 1. The van der Waals surface area contributed by atoms with Crippen molar-refractivity contribution in [1.82, 2.24) is 30.2 Å². The molecule has 1 saturated carbocycles. The molecule has 364 valence electrons. The summed E-state index contributed by atoms with van der Waals surface area (Å²) in [5.74, 6) is 0.550. The molecule has 1 unspecified atom stereocenters. The number of aromatic nitrogens is 3. The number of amides is 2. The van der Waals surface area contributed by atoms with Crippen molar-refractivity contribution < 1.29 is 28.8 Å². The first-order valence-electron chi connectivity index (χ1n) is 23.9. The van der Waals surface area contributed by atoms with E-state index in [1.807, 2.05) is 51.4 Å². The minimum absolute atomic E-state index is 0.0563. The minimum Gasteiger partial charge on any atom is -0.489 e. The number of piperazine rings is 1. The predicted octanol–water partition coefficient (Wildman–Crippen LogP) is 8.47. The van der Waals surface area contributed by atoms with Crippen LogP contribution in [0.2, 0.25) is 5.02 Å². The number of rotatable bonds is 16. The summed E-state index contributed by atoms with van der Waals surface area (Å²) >= 11 is 7.87. The number of nitrogens with one attached hydrogen (secondary N) is 1. The Morgan fingerprint density at radius 1 is 1.00 bits per heavy atom. The normalized spacial score (nSPS) is 21.9. The first-order chi connectivity index (χ1) is 32.8. The average molecular weight is 976 g/mol. The summed E-state index contributed by atoms with van der Waals surface area (Å²) in [7, 11) is 0. The molecule has 2 N–H and O–H groups in total. The van der Waals surface area contributed by atoms with Gasteiger partial charge in [-0.2, -0.15) is 5.26 Å². The second-order valence-corrected chi connectivity index (χ2v) is 21.8. The fourth-order valence-corrected chi connectivity index (χ4v) is 12.0. The summed E-state index contributed by atoms with van der Waals surface area (Å²) in [5.41, 5.74) is 5.83. The molecule has 3 aliphatic rings. The average Bonchev–Trinajstić information content (AvgIpc) is 4.09. The van der Waals surface area contributed by atoms with E-state index in [4.69, 9.17) is 20.9 Å². The SMILES string of the molecule is Cc1ncsc1-c1ccc([C@H](C)CC(=O)[C@@H]2C[C@@H](O)CN2C(=O)C(c2cc(CCN3CCN(c4ccc(C(=O)NC5C(C)(C)C(Oc6ccc(C#N)c(Cl)c6)C5(C)C)cn4)CC3)no2)C(C)C)cc1. The minimum atomic E-state index is -0.779. The number of hydrogen-bond donors (Lipinski definition) is 2. The zero-order valence-electron chi connectivity index (χ0n) is 40.7. The first-order valence-corrected chi connectivity index (χ1v) is 25.2. The first kappa shape index (κ1) is 49.8. The Bertz CT molecular complexity index is 2670. The van der Waals surface area contributed by atoms with Crippen LogP contribution < -0.4 is 15.0 Å². The summed E-state index contributed by atoms with van der Waals surface area (Å²) < 4.78 is 12.2. The molecule has 14 nitrogen and oxygen atoms in total. The summed E-state index contributed by atoms with van der Waals surface area (Å²) in [4.78, 5) is 58.0. The lowest BCUT2D eigenvalue weighted by Crippen LogP contribution is -2.74. The van der Waals surface area contributed by atoms with Crippen molar-refractivity contribution in [3.63, 3.8) is 0 Å². The second-order valence-electron chi connectivity index (χ2n) is 20.6. The van der Waals surface area contributed by atoms with Crippen LogP contribution in [0.4, 0.5) is 5.82 Å². The van der Waals surface area contributed by atoms with Gasteiger partial charge < -0.3 is 29.5 Å². The van der Waals surface area contributed by atoms with Crippen molar-refractivity contribution in [3.05, 3.63) is 111 Å². The van der Waals surface area contributed by atoms with E-state index in [1.54, 1.807) is 40.6 Å². The van der Waals surface area contributed by atoms with Gasteiger partial charge in [0.15, 0.2) is 5.78 Å². The Kier molecular flexibility index (Phi) is 14.7. The number of halogens is 1. The van der Waals surface area contributed by atoms with E-state index in [0.717, 1.165) is 65.9 Å². The molecular formula is C53H63ClN8O6S. The molecule has 4 atom stereocenters. The number of aliphatic hydroxyl groups excluding tert-OH is 1. The third kappa shape index (κ3) is 10.5. The molecule has 2 aliphatic heterocycles. The highest BCUT2D eigenvalue weighted by atomic mass is 35.5. The van der Waals surface area contributed by atoms with E-state index in [9.17, 15) is 24.8 Å². The van der Waals surface area contributed by atoms with Gasteiger partial charge in [0.25, 0.3) is 5.91 Å². The van der Waals surface area contributed by atoms with E-state index >= 15 is 0 Å². The van der Waals surface area contributed by atoms with Gasteiger partial charge in [0.1, 0.15) is 35.4 Å². The Morgan fingerprint density at radius 2 is 1.72 bits per heavy atom. The van der Waals surface area contributed by atoms with E-state index in [0.29, 0.717) is 34.1 Å². The van der Waals surface area contributed by atoms with Gasteiger partial charge in [0, 0.05) is 93.7 Å². The zero-order valence-corrected chi connectivity index (χ0v) is 42.3. The molecule has 69 heavy (non-hydrogen) atoms. The molecule has 0 bridgehead atoms. The number of hydrogen-bond acceptors (Lipinski definition) is 13. The number of nitriles is 1. The molecule has 2 amide bonds. The monoisotopic (exact) mass is 974 g/mol. The maximum Gasteiger partial charge on any atom is 0.253 e. The lowest BCUT2D eigenvalue weighted by Gasteiger charge is -2.63. The summed E-state index contributed by atoms with van der Waals surface area (Å²) in [6.45, 7) is 20.3. The molecule has 3 aromatic heterocycles. The lowest BCUT2D eigenvalue weighted by atomic mass is 9.49. The highest BCUT2D eigenvalue weighted by Crippen LogP contribution is 2.55. The van der Waals surface area contributed by atoms with Crippen molar-refractivity contribution in [3.8, 4) is 22.3 Å². The number of aliphatic hydroxyl groups is 1. The number of ether oxygens (including phenoxy) is 1. The molecule has 8 rings (SSSR count). The standard InChI is InChI=1S/C53H63ClN8O6S/c1-31(2)46(49(66)62-29-39(63)25-42(62)43(64)23-32(3)34-9-11-35(12-10-34)47-33(4)57-30-69-47)44-24-38(59-68-44)17-18-60-19-21-61(22-20-60)45-16-14-37(28-56-45)48(65)58-50-52(5,6)51(53(50,7)8)67-40-15-13-36(27-55)41(54)26-40/h9-16,24,26,28,30-32,39,42,46,50-51,63H,17-23,25,29H2,1-8H3,(H,58,65)/t32-,39-,42+,46?,50?,51?/m1/s1. The molecule has 5 heterocycles. The van der Waals surface area contributed by atoms with Crippen LogP contribution in [-0.2, 0) is 16.0 Å². The molecule has 0 spiro atoms. The van der Waals surface area contributed by atoms with Crippen LogP contribution in [0, 0.1) is 35.0 Å². The van der Waals surface area contributed by atoms with Gasteiger partial charge in [0.05, 0.1) is 50.1 Å². The maximum absolute atomic E-state index is 14.3. The topological polar surface area (TPSA) is 178 Å². The summed E-state index contributed by atoms with van der Waals surface area (Å²) in [6, 6.07) is 20.1. The molecule has 2 aromatic carbocycles. The number of anilines is 1. The van der Waals surface area contributed by atoms with Crippen LogP contribution in [0.3, 0.4) is 0 Å². The highest BCUT2D eigenvalue weighted by molar-refractivity contribution is 7.13. The van der Waals surface area contributed by atoms with Gasteiger partial charge in [-0.3, -0.25) is 19.3 Å². The van der Waals surface area contributed by atoms with Crippen LogP contribution in [0.1, 0.15) is 112 Å². The molecule has 5 aromatic rings. The number of Topliss-reactive ketones (excluding diaryl/α,β-unsaturated/α-hetero) is 1. The fraction of sp³-hybridized carbons (Fsp3) is 0.491. The van der Waals surface area contributed by atoms with Crippen LogP contribution in [0.25, 0.3) is 10.4 Å². The number of carbonyl (C=O) groups is 3. The predicted molar refractivity (Wildman–Crippen MR) is 267 cm³/mol. The Labute approximate surface area is 414 Å². The van der Waals surface area contributed by atoms with Gasteiger partial charge in [-0.05, 0) is 54.2 Å². The van der Waals surface area contributed by atoms with Gasteiger partial charge in [0.2, 0.25) is 5.91 Å². The largest absolute Gasteiger partial charge is 0.489 e. The molecule has 0 radical (unpaired) electrons. The van der Waals surface area contributed by atoms with Gasteiger partial charge in [-0.1, -0.05) is 89.5 Å². The zero-order chi connectivity index (χ0) is 49.4. The van der Waals surface area contributed by atoms with Crippen molar-refractivity contribution in [2.24, 2.45) is 16.7 Å². The van der Waals surface area contributed by atoms with Crippen molar-refractivity contribution >= 4 is 46.4 Å². The quantitative estimate of drug-likeness (QED) is 0.0966. The maximum atomic E-state index is 14.3. The van der Waals surface area contributed by atoms with Crippen LogP contribution in [-0.4, -0.2) is 111 Å². The number of aryl methyl sites for hydroxylation is 1. The summed E-state index contributed by atoms with van der Waals surface area (Å²) in [6.07, 6.45) is 1.76. The van der Waals surface area contributed by atoms with Gasteiger partial charge in [-0.15, -0.1) is 11.3 Å². The van der Waals surface area contributed by atoms with Gasteiger partial charge >= 0.3 is 0 Å². The van der Waals surface area contributed by atoms with E-state index < -0.39 is 18.1 Å². The summed E-state index contributed by atoms with van der Waals surface area (Å²) in [5, 5.41) is 28.0. The lowest BCUT2D eigenvalue weighted by molar-refractivity contribution is -0.164. The number of nitrogens with zero attached hydrogens (tertiary/aromatic N) is 7.